The van der Waals surface area contributed by atoms with Crippen LogP contribution in [-0.2, 0) is 4.84 Å². The Morgan fingerprint density at radius 3 is 2.42 bits per heavy atom. The van der Waals surface area contributed by atoms with Gasteiger partial charge in [-0.25, -0.2) is 0 Å². The van der Waals surface area contributed by atoms with Crippen molar-refractivity contribution in [2.45, 2.75) is 56.0 Å². The van der Waals surface area contributed by atoms with Crippen molar-refractivity contribution in [2.24, 2.45) is 0 Å². The average molecular weight is 263 g/mol. The van der Waals surface area contributed by atoms with Crippen LogP contribution in [0, 0.1) is 0 Å². The summed E-state index contributed by atoms with van der Waals surface area (Å²) in [6.45, 7) is 0. The fraction of sp³-hybridized carbons (Fsp3) is 0.600. The van der Waals surface area contributed by atoms with Crippen molar-refractivity contribution >= 4 is 0 Å². The van der Waals surface area contributed by atoms with E-state index < -0.39 is 11.4 Å². The highest BCUT2D eigenvalue weighted by molar-refractivity contribution is 5.20. The molecule has 1 aromatic rings. The quantitative estimate of drug-likeness (QED) is 0.764. The number of hydrogen-bond donors (Lipinski definition) is 3. The van der Waals surface area contributed by atoms with Crippen LogP contribution in [0.3, 0.4) is 0 Å². The molecular weight excluding hydrogens is 242 g/mol. The standard InChI is InChI=1S/C15H21NO3/c17-14(9-5-2-6-10-14)15(18)11-13(16-19-15)12-7-3-1-4-8-12/h1,3-4,7-8,13,16-18H,2,5-6,9-11H2/t13-,15-/m1/s1. The number of benzene rings is 1. The van der Waals surface area contributed by atoms with E-state index in [0.29, 0.717) is 19.3 Å². The molecule has 0 spiro atoms. The maximum Gasteiger partial charge on any atom is 0.215 e. The van der Waals surface area contributed by atoms with Crippen molar-refractivity contribution in [3.63, 3.8) is 0 Å². The first-order valence-corrected chi connectivity index (χ1v) is 7.06. The molecular formula is C15H21NO3. The summed E-state index contributed by atoms with van der Waals surface area (Å²) in [6, 6.07) is 9.81. The van der Waals surface area contributed by atoms with Crippen molar-refractivity contribution in [3.8, 4) is 0 Å². The molecule has 1 aliphatic heterocycles. The summed E-state index contributed by atoms with van der Waals surface area (Å²) in [4.78, 5) is 5.41. The normalized spacial score (nSPS) is 34.3. The Kier molecular flexibility index (Phi) is 3.35. The van der Waals surface area contributed by atoms with Crippen molar-refractivity contribution in [1.29, 1.82) is 0 Å². The van der Waals surface area contributed by atoms with Crippen LogP contribution in [0.4, 0.5) is 0 Å². The van der Waals surface area contributed by atoms with Crippen molar-refractivity contribution < 1.29 is 15.1 Å². The second kappa shape index (κ2) is 4.87. The molecule has 0 aromatic heterocycles. The smallest absolute Gasteiger partial charge is 0.215 e. The Hall–Kier alpha value is -0.940. The van der Waals surface area contributed by atoms with Gasteiger partial charge in [0.05, 0.1) is 6.04 Å². The number of hydroxylamine groups is 1. The first kappa shape index (κ1) is 13.1. The fourth-order valence-corrected chi connectivity index (χ4v) is 3.21. The van der Waals surface area contributed by atoms with Crippen molar-refractivity contribution in [2.75, 3.05) is 0 Å². The highest BCUT2D eigenvalue weighted by Gasteiger charge is 2.55. The Labute approximate surface area is 113 Å². The number of hydrogen-bond acceptors (Lipinski definition) is 4. The molecule has 1 aliphatic carbocycles. The summed E-state index contributed by atoms with van der Waals surface area (Å²) in [5.41, 5.74) is 2.82. The SMILES string of the molecule is OC1([C@@]2(O)C[C@H](c3ccccc3)NO2)CCCCC1. The van der Waals surface area contributed by atoms with Gasteiger partial charge in [0.15, 0.2) is 0 Å². The molecule has 2 fully saturated rings. The lowest BCUT2D eigenvalue weighted by atomic mass is 9.76. The van der Waals surface area contributed by atoms with Gasteiger partial charge in [-0.3, -0.25) is 4.84 Å². The molecule has 3 N–H and O–H groups in total. The summed E-state index contributed by atoms with van der Waals surface area (Å²) < 4.78 is 0. The van der Waals surface area contributed by atoms with Crippen LogP contribution in [0.15, 0.2) is 30.3 Å². The van der Waals surface area contributed by atoms with Crippen LogP contribution < -0.4 is 5.48 Å². The van der Waals surface area contributed by atoms with Crippen LogP contribution in [0.1, 0.15) is 50.1 Å². The van der Waals surface area contributed by atoms with Gasteiger partial charge in [-0.2, -0.15) is 5.48 Å². The zero-order chi connectivity index (χ0) is 13.3. The molecule has 4 heteroatoms. The van der Waals surface area contributed by atoms with Gasteiger partial charge in [0.2, 0.25) is 5.79 Å². The molecule has 3 rings (SSSR count). The van der Waals surface area contributed by atoms with E-state index in [-0.39, 0.29) is 6.04 Å². The maximum atomic E-state index is 10.7. The van der Waals surface area contributed by atoms with Gasteiger partial charge >= 0.3 is 0 Å². The molecule has 1 heterocycles. The number of aliphatic hydroxyl groups is 2. The van der Waals surface area contributed by atoms with Crippen LogP contribution in [0.5, 0.6) is 0 Å². The monoisotopic (exact) mass is 263 g/mol. The highest BCUT2D eigenvalue weighted by Crippen LogP contribution is 2.44. The van der Waals surface area contributed by atoms with Crippen LogP contribution >= 0.6 is 0 Å². The third-order valence-electron chi connectivity index (χ3n) is 4.46. The molecule has 1 aromatic carbocycles. The van der Waals surface area contributed by atoms with E-state index in [1.54, 1.807) is 0 Å². The minimum Gasteiger partial charge on any atom is -0.384 e. The largest absolute Gasteiger partial charge is 0.384 e. The topological polar surface area (TPSA) is 61.7 Å². The minimum absolute atomic E-state index is 0.0721. The second-order valence-corrected chi connectivity index (χ2v) is 5.76. The number of rotatable bonds is 2. The van der Waals surface area contributed by atoms with E-state index in [0.717, 1.165) is 24.8 Å². The molecule has 104 valence electrons. The zero-order valence-corrected chi connectivity index (χ0v) is 11.0. The zero-order valence-electron chi connectivity index (χ0n) is 11.0. The fourth-order valence-electron chi connectivity index (χ4n) is 3.21. The van der Waals surface area contributed by atoms with E-state index in [2.05, 4.69) is 5.48 Å². The summed E-state index contributed by atoms with van der Waals surface area (Å²) in [5, 5.41) is 21.4. The predicted octanol–water partition coefficient (Wildman–Crippen LogP) is 2.04. The molecule has 2 atom stereocenters. The first-order chi connectivity index (χ1) is 9.13. The first-order valence-electron chi connectivity index (χ1n) is 7.06. The van der Waals surface area contributed by atoms with Gasteiger partial charge in [0, 0.05) is 6.42 Å². The van der Waals surface area contributed by atoms with Gasteiger partial charge in [0.25, 0.3) is 0 Å². The Balaban J connectivity index is 1.77. The van der Waals surface area contributed by atoms with E-state index >= 15 is 0 Å². The lowest BCUT2D eigenvalue weighted by molar-refractivity contribution is -0.303. The van der Waals surface area contributed by atoms with E-state index in [1.165, 1.54) is 0 Å². The summed E-state index contributed by atoms with van der Waals surface area (Å²) >= 11 is 0. The summed E-state index contributed by atoms with van der Waals surface area (Å²) in [7, 11) is 0. The van der Waals surface area contributed by atoms with Gasteiger partial charge in [0.1, 0.15) is 5.60 Å². The Bertz CT molecular complexity index is 430. The minimum atomic E-state index is -1.48. The number of nitrogens with one attached hydrogen (secondary N) is 1. The van der Waals surface area contributed by atoms with Crippen molar-refractivity contribution in [3.05, 3.63) is 35.9 Å². The highest BCUT2D eigenvalue weighted by atomic mass is 16.8. The van der Waals surface area contributed by atoms with E-state index in [4.69, 9.17) is 4.84 Å². The van der Waals surface area contributed by atoms with Crippen molar-refractivity contribution in [1.82, 2.24) is 5.48 Å². The summed E-state index contributed by atoms with van der Waals surface area (Å²) in [6.07, 6.45) is 4.59. The van der Waals surface area contributed by atoms with E-state index in [9.17, 15) is 10.2 Å². The van der Waals surface area contributed by atoms with Crippen LogP contribution in [0.25, 0.3) is 0 Å². The molecule has 0 unspecified atom stereocenters. The molecule has 2 aliphatic rings. The Morgan fingerprint density at radius 1 is 1.05 bits per heavy atom. The van der Waals surface area contributed by atoms with Crippen LogP contribution in [0.2, 0.25) is 0 Å². The van der Waals surface area contributed by atoms with Gasteiger partial charge in [-0.15, -0.1) is 0 Å². The van der Waals surface area contributed by atoms with E-state index in [1.807, 2.05) is 30.3 Å². The average Bonchev–Trinajstić information content (AvgIpc) is 2.85. The van der Waals surface area contributed by atoms with Gasteiger partial charge in [-0.1, -0.05) is 49.6 Å². The summed E-state index contributed by atoms with van der Waals surface area (Å²) in [5.74, 6) is -1.48. The molecule has 0 radical (unpaired) electrons. The maximum absolute atomic E-state index is 10.7. The van der Waals surface area contributed by atoms with Gasteiger partial charge in [-0.05, 0) is 18.4 Å². The van der Waals surface area contributed by atoms with Crippen LogP contribution in [-0.4, -0.2) is 21.6 Å². The molecule has 4 nitrogen and oxygen atoms in total. The molecule has 1 saturated carbocycles. The third kappa shape index (κ3) is 2.30. The predicted molar refractivity (Wildman–Crippen MR) is 71.0 cm³/mol. The van der Waals surface area contributed by atoms with Gasteiger partial charge < -0.3 is 10.2 Å². The lowest BCUT2D eigenvalue weighted by Crippen LogP contribution is -2.55. The molecule has 0 bridgehead atoms. The third-order valence-corrected chi connectivity index (χ3v) is 4.46. The molecule has 19 heavy (non-hydrogen) atoms. The second-order valence-electron chi connectivity index (χ2n) is 5.76. The molecule has 0 amide bonds. The lowest BCUT2D eigenvalue weighted by Gasteiger charge is -2.41. The molecule has 1 saturated heterocycles. The Morgan fingerprint density at radius 2 is 1.74 bits per heavy atom.